The standard InChI is InChI=1S/C16H24N4OS/c1-5-14-18-20-15(21)8-12(17-16(20)22-14)9-19(13-6-7-13)11(4)10(2)3/h8,10-11,13H,5-7,9H2,1-4H3/t11-/m1/s1. The summed E-state index contributed by atoms with van der Waals surface area (Å²) in [6, 6.07) is 2.81. The van der Waals surface area contributed by atoms with Gasteiger partial charge in [0, 0.05) is 24.7 Å². The molecule has 2 heterocycles. The molecule has 0 unspecified atom stereocenters. The van der Waals surface area contributed by atoms with Gasteiger partial charge in [-0.3, -0.25) is 9.69 Å². The molecule has 1 aliphatic rings. The maximum absolute atomic E-state index is 12.2. The van der Waals surface area contributed by atoms with Crippen molar-refractivity contribution in [3.8, 4) is 0 Å². The van der Waals surface area contributed by atoms with Crippen molar-refractivity contribution in [3.63, 3.8) is 0 Å². The first-order chi connectivity index (χ1) is 10.5. The minimum Gasteiger partial charge on any atom is -0.292 e. The van der Waals surface area contributed by atoms with Crippen molar-refractivity contribution in [3.05, 3.63) is 27.1 Å². The van der Waals surface area contributed by atoms with Gasteiger partial charge >= 0.3 is 0 Å². The van der Waals surface area contributed by atoms with Gasteiger partial charge in [-0.05, 0) is 32.1 Å². The number of fused-ring (bicyclic) bond motifs is 1. The first-order valence-corrected chi connectivity index (χ1v) is 8.95. The molecule has 0 saturated heterocycles. The van der Waals surface area contributed by atoms with E-state index in [-0.39, 0.29) is 5.56 Å². The Hall–Kier alpha value is -1.27. The predicted octanol–water partition coefficient (Wildman–Crippen LogP) is 2.72. The fraction of sp³-hybridized carbons (Fsp3) is 0.688. The Morgan fingerprint density at radius 2 is 2.14 bits per heavy atom. The lowest BCUT2D eigenvalue weighted by atomic mass is 10.0. The highest BCUT2D eigenvalue weighted by atomic mass is 32.1. The van der Waals surface area contributed by atoms with Gasteiger partial charge in [0.05, 0.1) is 5.69 Å². The van der Waals surface area contributed by atoms with Crippen LogP contribution < -0.4 is 5.56 Å². The molecule has 120 valence electrons. The van der Waals surface area contributed by atoms with Gasteiger partial charge in [-0.15, -0.1) is 0 Å². The molecule has 2 aromatic heterocycles. The van der Waals surface area contributed by atoms with E-state index in [0.717, 1.165) is 23.7 Å². The lowest BCUT2D eigenvalue weighted by Crippen LogP contribution is -2.38. The minimum atomic E-state index is -0.0658. The summed E-state index contributed by atoms with van der Waals surface area (Å²) in [5.41, 5.74) is 0.805. The summed E-state index contributed by atoms with van der Waals surface area (Å²) < 4.78 is 1.43. The quantitative estimate of drug-likeness (QED) is 0.821. The zero-order chi connectivity index (χ0) is 15.9. The van der Waals surface area contributed by atoms with Crippen LogP contribution in [0.4, 0.5) is 0 Å². The van der Waals surface area contributed by atoms with Gasteiger partial charge in [0.15, 0.2) is 0 Å². The molecule has 1 saturated carbocycles. The molecule has 1 aliphatic carbocycles. The van der Waals surface area contributed by atoms with Crippen molar-refractivity contribution in [2.24, 2.45) is 5.92 Å². The Morgan fingerprint density at radius 1 is 1.41 bits per heavy atom. The number of aromatic nitrogens is 3. The summed E-state index contributed by atoms with van der Waals surface area (Å²) in [4.78, 5) is 20.1. The topological polar surface area (TPSA) is 50.5 Å². The van der Waals surface area contributed by atoms with Crippen LogP contribution in [0, 0.1) is 5.92 Å². The van der Waals surface area contributed by atoms with Gasteiger partial charge in [0.1, 0.15) is 5.01 Å². The number of hydrogen-bond acceptors (Lipinski definition) is 5. The zero-order valence-electron chi connectivity index (χ0n) is 13.7. The van der Waals surface area contributed by atoms with Crippen molar-refractivity contribution in [2.75, 3.05) is 0 Å². The molecular weight excluding hydrogens is 296 g/mol. The zero-order valence-corrected chi connectivity index (χ0v) is 14.6. The number of nitrogens with zero attached hydrogens (tertiary/aromatic N) is 4. The summed E-state index contributed by atoms with van der Waals surface area (Å²) in [5.74, 6) is 0.598. The van der Waals surface area contributed by atoms with E-state index in [0.29, 0.717) is 23.0 Å². The summed E-state index contributed by atoms with van der Waals surface area (Å²) in [5, 5.41) is 5.26. The maximum Gasteiger partial charge on any atom is 0.275 e. The fourth-order valence-corrected chi connectivity index (χ4v) is 3.56. The Bertz CT molecular complexity index is 716. The second-order valence-electron chi connectivity index (χ2n) is 6.52. The first-order valence-electron chi connectivity index (χ1n) is 8.14. The molecule has 0 bridgehead atoms. The lowest BCUT2D eigenvalue weighted by Gasteiger charge is -2.31. The van der Waals surface area contributed by atoms with Crippen LogP contribution in [-0.4, -0.2) is 31.6 Å². The van der Waals surface area contributed by atoms with Gasteiger partial charge in [-0.2, -0.15) is 9.61 Å². The van der Waals surface area contributed by atoms with E-state index in [1.54, 1.807) is 6.07 Å². The highest BCUT2D eigenvalue weighted by Crippen LogP contribution is 2.31. The highest BCUT2D eigenvalue weighted by molar-refractivity contribution is 7.16. The molecule has 2 aromatic rings. The van der Waals surface area contributed by atoms with Crippen LogP contribution in [0.1, 0.15) is 51.2 Å². The van der Waals surface area contributed by atoms with Gasteiger partial charge in [-0.25, -0.2) is 4.98 Å². The van der Waals surface area contributed by atoms with E-state index in [2.05, 4.69) is 35.8 Å². The predicted molar refractivity (Wildman–Crippen MR) is 89.4 cm³/mol. The van der Waals surface area contributed by atoms with Gasteiger partial charge < -0.3 is 0 Å². The van der Waals surface area contributed by atoms with Gasteiger partial charge in [0.25, 0.3) is 5.56 Å². The van der Waals surface area contributed by atoms with Crippen LogP contribution in [0.25, 0.3) is 4.96 Å². The SMILES string of the molecule is CCc1nn2c(=O)cc(CN(C3CC3)[C@H](C)C(C)C)nc2s1. The summed E-state index contributed by atoms with van der Waals surface area (Å²) in [6.07, 6.45) is 3.36. The molecule has 6 heteroatoms. The van der Waals surface area contributed by atoms with Crippen LogP contribution in [0.2, 0.25) is 0 Å². The third kappa shape index (κ3) is 3.08. The van der Waals surface area contributed by atoms with Crippen LogP contribution >= 0.6 is 11.3 Å². The van der Waals surface area contributed by atoms with Crippen molar-refractivity contribution < 1.29 is 0 Å². The Balaban J connectivity index is 1.90. The maximum atomic E-state index is 12.2. The van der Waals surface area contributed by atoms with Crippen LogP contribution in [0.15, 0.2) is 10.9 Å². The normalized spacial score (nSPS) is 16.8. The minimum absolute atomic E-state index is 0.0658. The van der Waals surface area contributed by atoms with E-state index in [1.807, 2.05) is 6.92 Å². The second-order valence-corrected chi connectivity index (χ2v) is 7.56. The van der Waals surface area contributed by atoms with Crippen molar-refractivity contribution in [1.29, 1.82) is 0 Å². The molecule has 0 aromatic carbocycles. The van der Waals surface area contributed by atoms with E-state index in [1.165, 1.54) is 28.7 Å². The van der Waals surface area contributed by atoms with Crippen molar-refractivity contribution in [2.45, 2.75) is 65.6 Å². The molecular formula is C16H24N4OS. The highest BCUT2D eigenvalue weighted by Gasteiger charge is 2.33. The lowest BCUT2D eigenvalue weighted by molar-refractivity contribution is 0.148. The van der Waals surface area contributed by atoms with Crippen LogP contribution in [0.3, 0.4) is 0 Å². The molecule has 0 radical (unpaired) electrons. The van der Waals surface area contributed by atoms with E-state index in [4.69, 9.17) is 0 Å². The van der Waals surface area contributed by atoms with Crippen LogP contribution in [-0.2, 0) is 13.0 Å². The third-order valence-corrected chi connectivity index (χ3v) is 5.54. The number of hydrogen-bond donors (Lipinski definition) is 0. The molecule has 0 spiro atoms. The van der Waals surface area contributed by atoms with Crippen molar-refractivity contribution in [1.82, 2.24) is 19.5 Å². The summed E-state index contributed by atoms with van der Waals surface area (Å²) in [7, 11) is 0. The average molecular weight is 320 g/mol. The third-order valence-electron chi connectivity index (χ3n) is 4.49. The molecule has 0 amide bonds. The van der Waals surface area contributed by atoms with Gasteiger partial charge in [-0.1, -0.05) is 32.1 Å². The average Bonchev–Trinajstić information content (AvgIpc) is 3.23. The van der Waals surface area contributed by atoms with E-state index < -0.39 is 0 Å². The Kier molecular flexibility index (Phi) is 4.32. The number of rotatable bonds is 6. The molecule has 3 rings (SSSR count). The molecule has 22 heavy (non-hydrogen) atoms. The smallest absolute Gasteiger partial charge is 0.275 e. The summed E-state index contributed by atoms with van der Waals surface area (Å²) in [6.45, 7) is 9.58. The Labute approximate surface area is 135 Å². The van der Waals surface area contributed by atoms with Crippen LogP contribution in [0.5, 0.6) is 0 Å². The van der Waals surface area contributed by atoms with E-state index in [9.17, 15) is 4.79 Å². The number of aryl methyl sites for hydroxylation is 1. The second kappa shape index (κ2) is 6.08. The molecule has 0 aliphatic heterocycles. The largest absolute Gasteiger partial charge is 0.292 e. The van der Waals surface area contributed by atoms with Gasteiger partial charge in [0.2, 0.25) is 4.96 Å². The molecule has 5 nitrogen and oxygen atoms in total. The first kappa shape index (κ1) is 15.6. The van der Waals surface area contributed by atoms with E-state index >= 15 is 0 Å². The Morgan fingerprint density at radius 3 is 2.73 bits per heavy atom. The fourth-order valence-electron chi connectivity index (χ4n) is 2.70. The molecule has 1 atom stereocenters. The monoisotopic (exact) mass is 320 g/mol. The van der Waals surface area contributed by atoms with Crippen molar-refractivity contribution >= 4 is 16.3 Å². The molecule has 0 N–H and O–H groups in total. The summed E-state index contributed by atoms with van der Waals surface area (Å²) >= 11 is 1.51. The molecule has 1 fully saturated rings.